The number of benzene rings is 2. The number of likely N-dealkylation sites (tertiary alicyclic amines) is 1. The van der Waals surface area contributed by atoms with Crippen LogP contribution >= 0.6 is 0 Å². The lowest BCUT2D eigenvalue weighted by Crippen LogP contribution is -2.44. The van der Waals surface area contributed by atoms with Gasteiger partial charge in [0.25, 0.3) is 5.91 Å². The van der Waals surface area contributed by atoms with Gasteiger partial charge in [-0.05, 0) is 54.4 Å². The Morgan fingerprint density at radius 2 is 1.69 bits per heavy atom. The smallest absolute Gasteiger partial charge is 0.254 e. The Bertz CT molecular complexity index is 1190. The summed E-state index contributed by atoms with van der Waals surface area (Å²) in [5.74, 6) is 1.03. The fourth-order valence-corrected chi connectivity index (χ4v) is 5.04. The molecule has 0 spiro atoms. The number of rotatable bonds is 5. The first-order valence-electron chi connectivity index (χ1n) is 12.5. The van der Waals surface area contributed by atoms with Crippen LogP contribution in [-0.4, -0.2) is 72.9 Å². The monoisotopic (exact) mass is 471 g/mol. The summed E-state index contributed by atoms with van der Waals surface area (Å²) in [5, 5.41) is 5.16. The van der Waals surface area contributed by atoms with E-state index in [1.54, 1.807) is 0 Å². The topological polar surface area (TPSA) is 68.8 Å². The van der Waals surface area contributed by atoms with Gasteiger partial charge in [-0.15, -0.1) is 0 Å². The number of nitrogens with one attached hydrogen (secondary N) is 1. The quantitative estimate of drug-likeness (QED) is 0.619. The van der Waals surface area contributed by atoms with Crippen LogP contribution in [0.5, 0.6) is 0 Å². The van der Waals surface area contributed by atoms with Gasteiger partial charge in [0, 0.05) is 63.5 Å². The highest BCUT2D eigenvalue weighted by molar-refractivity contribution is 6.07. The summed E-state index contributed by atoms with van der Waals surface area (Å²) in [6.45, 7) is 5.70. The number of piperidine rings is 1. The maximum Gasteiger partial charge on any atom is 0.254 e. The molecule has 2 amide bonds. The summed E-state index contributed by atoms with van der Waals surface area (Å²) in [6, 6.07) is 17.9. The average molecular weight is 472 g/mol. The second-order valence-electron chi connectivity index (χ2n) is 9.62. The van der Waals surface area contributed by atoms with Gasteiger partial charge in [-0.25, -0.2) is 4.98 Å². The third kappa shape index (κ3) is 5.30. The molecular weight excluding hydrogens is 438 g/mol. The lowest BCUT2D eigenvalue weighted by molar-refractivity contribution is -0.126. The van der Waals surface area contributed by atoms with Crippen LogP contribution in [0.2, 0.25) is 0 Å². The van der Waals surface area contributed by atoms with Gasteiger partial charge in [-0.2, -0.15) is 0 Å². The van der Waals surface area contributed by atoms with Crippen molar-refractivity contribution in [3.63, 3.8) is 0 Å². The van der Waals surface area contributed by atoms with Gasteiger partial charge < -0.3 is 20.0 Å². The van der Waals surface area contributed by atoms with E-state index in [1.807, 2.05) is 59.6 Å². The summed E-state index contributed by atoms with van der Waals surface area (Å²) in [5.41, 5.74) is 1.80. The number of hydrogen-bond donors (Lipinski definition) is 1. The largest absolute Gasteiger partial charge is 0.354 e. The lowest BCUT2D eigenvalue weighted by atomic mass is 9.94. The highest BCUT2D eigenvalue weighted by atomic mass is 16.2. The van der Waals surface area contributed by atoms with Crippen molar-refractivity contribution in [1.82, 2.24) is 20.1 Å². The Balaban J connectivity index is 1.14. The predicted molar refractivity (Wildman–Crippen MR) is 138 cm³/mol. The Morgan fingerprint density at radius 3 is 2.49 bits per heavy atom. The molecule has 3 heterocycles. The van der Waals surface area contributed by atoms with Crippen LogP contribution in [-0.2, 0) is 11.3 Å². The van der Waals surface area contributed by atoms with Crippen LogP contribution < -0.4 is 10.2 Å². The summed E-state index contributed by atoms with van der Waals surface area (Å²) >= 11 is 0. The van der Waals surface area contributed by atoms with Crippen LogP contribution in [0.3, 0.4) is 0 Å². The molecule has 2 aromatic carbocycles. The number of carbonyl (C=O) groups is 2. The van der Waals surface area contributed by atoms with E-state index in [2.05, 4.69) is 33.2 Å². The van der Waals surface area contributed by atoms with Crippen molar-refractivity contribution in [3.05, 3.63) is 71.9 Å². The molecule has 2 fully saturated rings. The van der Waals surface area contributed by atoms with E-state index in [0.29, 0.717) is 32.5 Å². The van der Waals surface area contributed by atoms with Crippen molar-refractivity contribution in [2.24, 2.45) is 5.92 Å². The zero-order valence-corrected chi connectivity index (χ0v) is 20.3. The molecule has 182 valence electrons. The van der Waals surface area contributed by atoms with Crippen LogP contribution in [0.1, 0.15) is 28.8 Å². The molecule has 0 radical (unpaired) electrons. The standard InChI is InChI=1S/C28H33N5O2/c1-31-15-17-32(18-16-31)26-19-21(9-12-29-26)20-30-27(34)23-10-13-33(14-11-23)28(35)25-8-4-6-22-5-2-3-7-24(22)25/h2-9,12,19,23H,10-11,13-18,20H2,1H3,(H,30,34). The van der Waals surface area contributed by atoms with Gasteiger partial charge in [0.2, 0.25) is 5.91 Å². The molecule has 35 heavy (non-hydrogen) atoms. The minimum absolute atomic E-state index is 0.0499. The van der Waals surface area contributed by atoms with E-state index in [9.17, 15) is 9.59 Å². The second kappa shape index (κ2) is 10.4. The number of hydrogen-bond acceptors (Lipinski definition) is 5. The third-order valence-corrected chi connectivity index (χ3v) is 7.28. The van der Waals surface area contributed by atoms with Gasteiger partial charge in [0.1, 0.15) is 5.82 Å². The average Bonchev–Trinajstić information content (AvgIpc) is 2.91. The van der Waals surface area contributed by atoms with E-state index in [4.69, 9.17) is 0 Å². The first-order chi connectivity index (χ1) is 17.1. The maximum atomic E-state index is 13.2. The van der Waals surface area contributed by atoms with Crippen molar-refractivity contribution in [2.75, 3.05) is 51.2 Å². The normalized spacial score (nSPS) is 17.5. The summed E-state index contributed by atoms with van der Waals surface area (Å²) < 4.78 is 0. The Kier molecular flexibility index (Phi) is 6.95. The fraction of sp³-hybridized carbons (Fsp3) is 0.393. The van der Waals surface area contributed by atoms with Crippen LogP contribution in [0, 0.1) is 5.92 Å². The van der Waals surface area contributed by atoms with Gasteiger partial charge >= 0.3 is 0 Å². The molecule has 0 bridgehead atoms. The Labute approximate surface area is 206 Å². The zero-order valence-electron chi connectivity index (χ0n) is 20.3. The van der Waals surface area contributed by atoms with E-state index in [-0.39, 0.29) is 17.7 Å². The number of carbonyl (C=O) groups excluding carboxylic acids is 2. The number of pyridine rings is 1. The molecule has 0 aliphatic carbocycles. The minimum atomic E-state index is -0.0643. The van der Waals surface area contributed by atoms with Gasteiger partial charge in [-0.3, -0.25) is 9.59 Å². The molecule has 1 N–H and O–H groups in total. The molecule has 3 aromatic rings. The number of fused-ring (bicyclic) bond motifs is 1. The Morgan fingerprint density at radius 1 is 0.943 bits per heavy atom. The molecular formula is C28H33N5O2. The molecule has 7 heteroatoms. The lowest BCUT2D eigenvalue weighted by Gasteiger charge is -2.33. The summed E-state index contributed by atoms with van der Waals surface area (Å²) in [4.78, 5) is 37.1. The Hall–Kier alpha value is -3.45. The minimum Gasteiger partial charge on any atom is -0.354 e. The number of piperazine rings is 1. The first kappa shape index (κ1) is 23.3. The van der Waals surface area contributed by atoms with Crippen LogP contribution in [0.4, 0.5) is 5.82 Å². The highest BCUT2D eigenvalue weighted by Crippen LogP contribution is 2.24. The summed E-state index contributed by atoms with van der Waals surface area (Å²) in [7, 11) is 2.14. The van der Waals surface area contributed by atoms with Crippen LogP contribution in [0.15, 0.2) is 60.8 Å². The third-order valence-electron chi connectivity index (χ3n) is 7.28. The molecule has 2 aliphatic heterocycles. The number of amides is 2. The van der Waals surface area contributed by atoms with Gasteiger partial charge in [-0.1, -0.05) is 36.4 Å². The van der Waals surface area contributed by atoms with E-state index < -0.39 is 0 Å². The maximum absolute atomic E-state index is 13.2. The number of nitrogens with zero attached hydrogens (tertiary/aromatic N) is 4. The summed E-state index contributed by atoms with van der Waals surface area (Å²) in [6.07, 6.45) is 3.20. The van der Waals surface area contributed by atoms with Crippen molar-refractivity contribution >= 4 is 28.4 Å². The van der Waals surface area contributed by atoms with Crippen molar-refractivity contribution in [3.8, 4) is 0 Å². The van der Waals surface area contributed by atoms with Crippen molar-refractivity contribution in [1.29, 1.82) is 0 Å². The van der Waals surface area contributed by atoms with E-state index in [1.165, 1.54) is 0 Å². The first-order valence-corrected chi connectivity index (χ1v) is 12.5. The van der Waals surface area contributed by atoms with Crippen molar-refractivity contribution < 1.29 is 9.59 Å². The molecule has 0 atom stereocenters. The molecule has 2 saturated heterocycles. The molecule has 1 aromatic heterocycles. The second-order valence-corrected chi connectivity index (χ2v) is 9.62. The molecule has 0 saturated carbocycles. The molecule has 2 aliphatic rings. The fourth-order valence-electron chi connectivity index (χ4n) is 5.04. The SMILES string of the molecule is CN1CCN(c2cc(CNC(=O)C3CCN(C(=O)c4cccc5ccccc45)CC3)ccn2)CC1. The van der Waals surface area contributed by atoms with E-state index >= 15 is 0 Å². The van der Waals surface area contributed by atoms with Crippen LogP contribution in [0.25, 0.3) is 10.8 Å². The van der Waals surface area contributed by atoms with Gasteiger partial charge in [0.05, 0.1) is 0 Å². The molecule has 7 nitrogen and oxygen atoms in total. The number of likely N-dealkylation sites (N-methyl/N-ethyl adjacent to an activating group) is 1. The molecule has 0 unspecified atom stereocenters. The van der Waals surface area contributed by atoms with E-state index in [0.717, 1.165) is 53.9 Å². The van der Waals surface area contributed by atoms with Crippen molar-refractivity contribution in [2.45, 2.75) is 19.4 Å². The van der Waals surface area contributed by atoms with Gasteiger partial charge in [0.15, 0.2) is 0 Å². The number of aromatic nitrogens is 1. The number of anilines is 1. The highest BCUT2D eigenvalue weighted by Gasteiger charge is 2.28. The molecule has 5 rings (SSSR count). The predicted octanol–water partition coefficient (Wildman–Crippen LogP) is 3.16. The zero-order chi connectivity index (χ0) is 24.2.